The molecule has 2 aliphatic carbocycles. The van der Waals surface area contributed by atoms with Crippen LogP contribution in [-0.2, 0) is 14.2 Å². The smallest absolute Gasteiger partial charge is 0.394 e. The van der Waals surface area contributed by atoms with Crippen LogP contribution in [0.4, 0.5) is 0 Å². The molecule has 3 fully saturated rings. The van der Waals surface area contributed by atoms with Crippen LogP contribution in [0.1, 0.15) is 54.4 Å². The highest BCUT2D eigenvalue weighted by Crippen LogP contribution is 2.52. The maximum absolute atomic E-state index is 11.9. The Hall–Kier alpha value is -1.56. The third-order valence-corrected chi connectivity index (χ3v) is 6.77. The molecule has 1 saturated heterocycles. The number of ether oxygens (including phenoxy) is 3. The minimum Gasteiger partial charge on any atom is -0.468 e. The fraction of sp³-hybridized carbons (Fsp3) is 0.636. The number of carboxylic acids is 1. The van der Waals surface area contributed by atoms with Crippen molar-refractivity contribution in [3.05, 3.63) is 41.3 Å². The van der Waals surface area contributed by atoms with E-state index >= 15 is 0 Å². The van der Waals surface area contributed by atoms with Gasteiger partial charge in [0.15, 0.2) is 5.56 Å². The highest BCUT2D eigenvalue weighted by atomic mass is 16.5. The standard InChI is InChI=1S/C22H28O5/c1-25-13-7-9-17-19(11-13)27-20-12-14(26-2)8-10-18(20)21(17)15-5-3-4-6-16(15)22(23)24/h3-6,13-14,17-20H,7-12H2,1-2H3/p+1. The van der Waals surface area contributed by atoms with Crippen LogP contribution < -0.4 is 0 Å². The fourth-order valence-corrected chi connectivity index (χ4v) is 5.45. The van der Waals surface area contributed by atoms with Gasteiger partial charge in [0, 0.05) is 45.1 Å². The second-order valence-electron chi connectivity index (χ2n) is 8.07. The SMILES string of the molecule is COC1CCC2[C+](c3ccccc3C(=O)O)C3CCC(OC)CC3OC2C1. The highest BCUT2D eigenvalue weighted by Gasteiger charge is 2.54. The Morgan fingerprint density at radius 2 is 1.56 bits per heavy atom. The van der Waals surface area contributed by atoms with Crippen LogP contribution in [-0.4, -0.2) is 49.7 Å². The molecule has 1 aromatic carbocycles. The summed E-state index contributed by atoms with van der Waals surface area (Å²) in [4.78, 5) is 11.9. The Kier molecular flexibility index (Phi) is 5.44. The molecule has 2 saturated carbocycles. The summed E-state index contributed by atoms with van der Waals surface area (Å²) in [7, 11) is 3.53. The third kappa shape index (κ3) is 3.48. The number of fused-ring (bicyclic) bond motifs is 2. The maximum Gasteiger partial charge on any atom is 0.394 e. The van der Waals surface area contributed by atoms with Crippen molar-refractivity contribution in [3.63, 3.8) is 0 Å². The largest absolute Gasteiger partial charge is 0.468 e. The molecule has 0 radical (unpaired) electrons. The molecule has 6 unspecified atom stereocenters. The van der Waals surface area contributed by atoms with E-state index < -0.39 is 5.97 Å². The summed E-state index contributed by atoms with van der Waals surface area (Å²) in [6.45, 7) is 0. The summed E-state index contributed by atoms with van der Waals surface area (Å²) in [6, 6.07) is 7.48. The highest BCUT2D eigenvalue weighted by molar-refractivity contribution is 5.90. The first-order valence-electron chi connectivity index (χ1n) is 10.0. The molecular formula is C22H29O5+. The van der Waals surface area contributed by atoms with E-state index in [2.05, 4.69) is 0 Å². The van der Waals surface area contributed by atoms with Crippen LogP contribution in [0.5, 0.6) is 0 Å². The summed E-state index contributed by atoms with van der Waals surface area (Å²) in [5.41, 5.74) is 1.32. The summed E-state index contributed by atoms with van der Waals surface area (Å²) in [5, 5.41) is 9.76. The van der Waals surface area contributed by atoms with Gasteiger partial charge in [0.2, 0.25) is 0 Å². The van der Waals surface area contributed by atoms with Crippen LogP contribution in [0.3, 0.4) is 0 Å². The number of benzene rings is 1. The minimum absolute atomic E-state index is 0.0948. The van der Waals surface area contributed by atoms with Gasteiger partial charge in [-0.05, 0) is 37.8 Å². The van der Waals surface area contributed by atoms with Crippen LogP contribution in [0.25, 0.3) is 0 Å². The van der Waals surface area contributed by atoms with Gasteiger partial charge in [-0.3, -0.25) is 0 Å². The Morgan fingerprint density at radius 1 is 1.00 bits per heavy atom. The molecule has 27 heavy (non-hydrogen) atoms. The van der Waals surface area contributed by atoms with Gasteiger partial charge in [0.05, 0.1) is 36.3 Å². The van der Waals surface area contributed by atoms with Crippen molar-refractivity contribution in [1.29, 1.82) is 0 Å². The zero-order valence-electron chi connectivity index (χ0n) is 16.1. The second kappa shape index (κ2) is 7.82. The molecule has 0 amide bonds. The minimum atomic E-state index is -0.853. The van der Waals surface area contributed by atoms with Crippen LogP contribution >= 0.6 is 0 Å². The molecule has 0 aromatic heterocycles. The molecular weight excluding hydrogens is 344 g/mol. The lowest BCUT2D eigenvalue weighted by atomic mass is 9.61. The van der Waals surface area contributed by atoms with Gasteiger partial charge in [-0.15, -0.1) is 0 Å². The molecule has 1 aromatic rings. The number of hydrogen-bond acceptors (Lipinski definition) is 4. The van der Waals surface area contributed by atoms with E-state index in [1.807, 2.05) is 18.2 Å². The number of aromatic carboxylic acids is 1. The van der Waals surface area contributed by atoms with Gasteiger partial charge < -0.3 is 19.3 Å². The first-order chi connectivity index (χ1) is 13.1. The van der Waals surface area contributed by atoms with Crippen LogP contribution in [0, 0.1) is 17.8 Å². The van der Waals surface area contributed by atoms with E-state index in [0.29, 0.717) is 5.56 Å². The second-order valence-corrected chi connectivity index (χ2v) is 8.07. The lowest BCUT2D eigenvalue weighted by molar-refractivity contribution is -0.159. The van der Waals surface area contributed by atoms with Gasteiger partial charge in [-0.25, -0.2) is 4.79 Å². The maximum atomic E-state index is 11.9. The average molecular weight is 373 g/mol. The van der Waals surface area contributed by atoms with Gasteiger partial charge in [-0.1, -0.05) is 0 Å². The molecule has 0 spiro atoms. The third-order valence-electron chi connectivity index (χ3n) is 6.77. The number of rotatable bonds is 4. The monoisotopic (exact) mass is 373 g/mol. The van der Waals surface area contributed by atoms with Crippen molar-refractivity contribution < 1.29 is 24.1 Å². The van der Waals surface area contributed by atoms with Crippen LogP contribution in [0.2, 0.25) is 0 Å². The Labute approximate surface area is 161 Å². The summed E-state index contributed by atoms with van der Waals surface area (Å²) >= 11 is 0. The lowest BCUT2D eigenvalue weighted by Crippen LogP contribution is -2.53. The van der Waals surface area contributed by atoms with E-state index in [0.717, 1.165) is 44.1 Å². The van der Waals surface area contributed by atoms with Gasteiger partial charge in [0.25, 0.3) is 0 Å². The predicted molar refractivity (Wildman–Crippen MR) is 101 cm³/mol. The zero-order chi connectivity index (χ0) is 19.0. The van der Waals surface area contributed by atoms with Crippen molar-refractivity contribution in [1.82, 2.24) is 0 Å². The van der Waals surface area contributed by atoms with E-state index in [9.17, 15) is 9.90 Å². The van der Waals surface area contributed by atoms with E-state index in [-0.39, 0.29) is 36.3 Å². The summed E-state index contributed by atoms with van der Waals surface area (Å²) in [5.74, 6) is 1.00. The van der Waals surface area contributed by atoms with Crippen molar-refractivity contribution in [3.8, 4) is 0 Å². The number of hydrogen-bond donors (Lipinski definition) is 1. The molecule has 5 heteroatoms. The van der Waals surface area contributed by atoms with E-state index in [1.165, 1.54) is 5.92 Å². The lowest BCUT2D eigenvalue weighted by Gasteiger charge is -2.50. The quantitative estimate of drug-likeness (QED) is 0.815. The van der Waals surface area contributed by atoms with E-state index in [4.69, 9.17) is 14.2 Å². The molecule has 1 heterocycles. The molecule has 6 atom stereocenters. The van der Waals surface area contributed by atoms with Gasteiger partial charge in [-0.2, -0.15) is 0 Å². The van der Waals surface area contributed by atoms with Crippen molar-refractivity contribution >= 4 is 5.97 Å². The number of carboxylic acid groups (broad SMARTS) is 1. The Bertz CT molecular complexity index is 646. The predicted octanol–water partition coefficient (Wildman–Crippen LogP) is 3.70. The van der Waals surface area contributed by atoms with Crippen LogP contribution in [0.15, 0.2) is 24.3 Å². The first kappa shape index (κ1) is 18.8. The molecule has 1 aliphatic heterocycles. The average Bonchev–Trinajstić information content (AvgIpc) is 2.71. The molecule has 3 aliphatic rings. The normalized spacial score (nSPS) is 36.0. The van der Waals surface area contributed by atoms with Gasteiger partial charge in [0.1, 0.15) is 5.56 Å². The van der Waals surface area contributed by atoms with Gasteiger partial charge >= 0.3 is 5.97 Å². The van der Waals surface area contributed by atoms with Crippen molar-refractivity contribution in [2.24, 2.45) is 11.8 Å². The summed E-state index contributed by atoms with van der Waals surface area (Å²) < 4.78 is 17.8. The van der Waals surface area contributed by atoms with E-state index in [1.54, 1.807) is 20.3 Å². The number of methoxy groups -OCH3 is 2. The Morgan fingerprint density at radius 3 is 2.07 bits per heavy atom. The first-order valence-corrected chi connectivity index (χ1v) is 10.0. The summed E-state index contributed by atoms with van der Waals surface area (Å²) in [6.07, 6.45) is 6.36. The topological polar surface area (TPSA) is 65.0 Å². The molecule has 5 nitrogen and oxygen atoms in total. The fourth-order valence-electron chi connectivity index (χ4n) is 5.45. The molecule has 4 rings (SSSR count). The molecule has 146 valence electrons. The van der Waals surface area contributed by atoms with Crippen molar-refractivity contribution in [2.75, 3.05) is 14.2 Å². The molecule has 0 bridgehead atoms. The van der Waals surface area contributed by atoms with Crippen molar-refractivity contribution in [2.45, 2.75) is 62.9 Å². The zero-order valence-corrected chi connectivity index (χ0v) is 16.1. The molecule has 1 N–H and O–H groups in total. The Balaban J connectivity index is 1.71. The number of carbonyl (C=O) groups is 1.